The average molecular weight is 478 g/mol. The van der Waals surface area contributed by atoms with Gasteiger partial charge in [0.2, 0.25) is 0 Å². The van der Waals surface area contributed by atoms with E-state index in [0.717, 1.165) is 16.7 Å². The molecule has 3 aromatic carbocycles. The second-order valence-electron chi connectivity index (χ2n) is 8.51. The van der Waals surface area contributed by atoms with Gasteiger partial charge in [0.25, 0.3) is 0 Å². The van der Waals surface area contributed by atoms with Crippen molar-refractivity contribution in [1.29, 1.82) is 0 Å². The lowest BCUT2D eigenvalue weighted by Gasteiger charge is -2.30. The van der Waals surface area contributed by atoms with E-state index in [1.165, 1.54) is 6.07 Å². The number of fused-ring (bicyclic) bond motifs is 1. The van der Waals surface area contributed by atoms with Gasteiger partial charge >= 0.3 is 12.1 Å². The smallest absolute Gasteiger partial charge is 0.410 e. The Hall–Kier alpha value is -3.87. The van der Waals surface area contributed by atoms with Crippen LogP contribution >= 0.6 is 0 Å². The fourth-order valence-corrected chi connectivity index (χ4v) is 4.30. The highest BCUT2D eigenvalue weighted by Gasteiger charge is 2.27. The highest BCUT2D eigenvalue weighted by atomic mass is 19.1. The molecule has 0 bridgehead atoms. The van der Waals surface area contributed by atoms with Crippen LogP contribution in [0.1, 0.15) is 42.0 Å². The topological polar surface area (TPSA) is 76.1 Å². The number of benzene rings is 3. The molecule has 1 unspecified atom stereocenters. The standard InChI is InChI=1S/C28H28FNO5/c1-3-34-26-15-20(18(2)27(31)32)9-10-23(26)21-11-12-25(29)22-13-14-30(16-24(21)22)28(33)35-17-19-7-5-4-6-8-19/h4-12,15,18H,3,13-14,16-17H2,1-2H3,(H,31,32). The Balaban J connectivity index is 1.64. The van der Waals surface area contributed by atoms with Crippen molar-refractivity contribution in [3.63, 3.8) is 0 Å². The van der Waals surface area contributed by atoms with Crippen LogP contribution in [0.15, 0.2) is 60.7 Å². The number of carbonyl (C=O) groups excluding carboxylic acids is 1. The monoisotopic (exact) mass is 477 g/mol. The van der Waals surface area contributed by atoms with Crippen molar-refractivity contribution < 1.29 is 28.6 Å². The molecular formula is C28H28FNO5. The molecule has 1 aliphatic rings. The van der Waals surface area contributed by atoms with E-state index in [0.29, 0.717) is 42.0 Å². The molecule has 1 heterocycles. The zero-order valence-electron chi connectivity index (χ0n) is 19.8. The first kappa shape index (κ1) is 24.3. The lowest BCUT2D eigenvalue weighted by molar-refractivity contribution is -0.138. The maximum absolute atomic E-state index is 14.7. The summed E-state index contributed by atoms with van der Waals surface area (Å²) in [5.74, 6) is -1.41. The molecule has 3 aromatic rings. The van der Waals surface area contributed by atoms with Crippen LogP contribution in [0.5, 0.6) is 5.75 Å². The molecule has 0 aliphatic carbocycles. The third-order valence-corrected chi connectivity index (χ3v) is 6.28. The SMILES string of the molecule is CCOc1cc(C(C)C(=O)O)ccc1-c1ccc(F)c2c1CN(C(=O)OCc1ccccc1)CC2. The van der Waals surface area contributed by atoms with Crippen LogP contribution in [0.25, 0.3) is 11.1 Å². The van der Waals surface area contributed by atoms with Crippen molar-refractivity contribution >= 4 is 12.1 Å². The average Bonchev–Trinajstić information content (AvgIpc) is 2.88. The van der Waals surface area contributed by atoms with E-state index in [2.05, 4.69) is 0 Å². The molecule has 0 aromatic heterocycles. The maximum Gasteiger partial charge on any atom is 0.410 e. The van der Waals surface area contributed by atoms with Crippen LogP contribution in [0, 0.1) is 5.82 Å². The number of carbonyl (C=O) groups is 2. The van der Waals surface area contributed by atoms with Gasteiger partial charge in [-0.05, 0) is 60.2 Å². The molecule has 1 atom stereocenters. The summed E-state index contributed by atoms with van der Waals surface area (Å²) in [6.45, 7) is 4.58. The predicted octanol–water partition coefficient (Wildman–Crippen LogP) is 5.77. The number of carboxylic acids is 1. The summed E-state index contributed by atoms with van der Waals surface area (Å²) < 4.78 is 26.1. The maximum atomic E-state index is 14.7. The summed E-state index contributed by atoms with van der Waals surface area (Å²) in [6, 6.07) is 17.8. The highest BCUT2D eigenvalue weighted by Crippen LogP contribution is 2.38. The molecule has 0 saturated heterocycles. The largest absolute Gasteiger partial charge is 0.493 e. The van der Waals surface area contributed by atoms with Crippen molar-refractivity contribution in [3.8, 4) is 16.9 Å². The van der Waals surface area contributed by atoms with Crippen LogP contribution in [-0.2, 0) is 29.1 Å². The summed E-state index contributed by atoms with van der Waals surface area (Å²) in [5.41, 5.74) is 4.26. The fraction of sp³-hybridized carbons (Fsp3) is 0.286. The molecule has 182 valence electrons. The third kappa shape index (κ3) is 5.29. The summed E-state index contributed by atoms with van der Waals surface area (Å²) >= 11 is 0. The Morgan fingerprint density at radius 2 is 1.80 bits per heavy atom. The first-order valence-corrected chi connectivity index (χ1v) is 11.6. The summed E-state index contributed by atoms with van der Waals surface area (Å²) in [6.07, 6.45) is -0.0848. The van der Waals surface area contributed by atoms with E-state index in [4.69, 9.17) is 9.47 Å². The van der Waals surface area contributed by atoms with E-state index in [1.54, 1.807) is 36.1 Å². The number of amides is 1. The molecule has 0 fully saturated rings. The molecule has 0 saturated carbocycles. The van der Waals surface area contributed by atoms with Gasteiger partial charge in [-0.1, -0.05) is 48.5 Å². The number of aliphatic carboxylic acids is 1. The van der Waals surface area contributed by atoms with Crippen LogP contribution in [0.4, 0.5) is 9.18 Å². The Labute approximate surface area is 203 Å². The van der Waals surface area contributed by atoms with E-state index >= 15 is 0 Å². The second-order valence-corrected chi connectivity index (χ2v) is 8.51. The van der Waals surface area contributed by atoms with Crippen LogP contribution in [0.2, 0.25) is 0 Å². The molecule has 7 heteroatoms. The van der Waals surface area contributed by atoms with Crippen LogP contribution in [0.3, 0.4) is 0 Å². The Kier molecular flexibility index (Phi) is 7.34. The first-order valence-electron chi connectivity index (χ1n) is 11.6. The predicted molar refractivity (Wildman–Crippen MR) is 130 cm³/mol. The number of halogens is 1. The number of hydrogen-bond acceptors (Lipinski definition) is 4. The molecule has 0 spiro atoms. The van der Waals surface area contributed by atoms with Gasteiger partial charge in [0.05, 0.1) is 12.5 Å². The Bertz CT molecular complexity index is 1230. The second kappa shape index (κ2) is 10.6. The summed E-state index contributed by atoms with van der Waals surface area (Å²) in [7, 11) is 0. The van der Waals surface area contributed by atoms with Gasteiger partial charge in [0.1, 0.15) is 18.2 Å². The number of nitrogens with zero attached hydrogens (tertiary/aromatic N) is 1. The zero-order valence-corrected chi connectivity index (χ0v) is 19.8. The Morgan fingerprint density at radius 3 is 2.51 bits per heavy atom. The molecule has 6 nitrogen and oxygen atoms in total. The minimum Gasteiger partial charge on any atom is -0.493 e. The van der Waals surface area contributed by atoms with Gasteiger partial charge in [-0.3, -0.25) is 4.79 Å². The van der Waals surface area contributed by atoms with Gasteiger partial charge in [0, 0.05) is 18.7 Å². The van der Waals surface area contributed by atoms with Crippen LogP contribution in [-0.4, -0.2) is 35.2 Å². The number of ether oxygens (including phenoxy) is 2. The van der Waals surface area contributed by atoms with Gasteiger partial charge in [-0.2, -0.15) is 0 Å². The molecule has 0 radical (unpaired) electrons. The van der Waals surface area contributed by atoms with Crippen molar-refractivity contribution in [2.75, 3.05) is 13.2 Å². The molecule has 35 heavy (non-hydrogen) atoms. The number of hydrogen-bond donors (Lipinski definition) is 1. The molecule has 1 aliphatic heterocycles. The molecule has 1 amide bonds. The van der Waals surface area contributed by atoms with Gasteiger partial charge in [0.15, 0.2) is 0 Å². The van der Waals surface area contributed by atoms with Gasteiger partial charge in [-0.25, -0.2) is 9.18 Å². The van der Waals surface area contributed by atoms with Crippen molar-refractivity contribution in [3.05, 3.63) is 88.7 Å². The van der Waals surface area contributed by atoms with Crippen molar-refractivity contribution in [2.45, 2.75) is 39.3 Å². The fourth-order valence-electron chi connectivity index (χ4n) is 4.30. The van der Waals surface area contributed by atoms with Gasteiger partial charge < -0.3 is 19.5 Å². The van der Waals surface area contributed by atoms with E-state index in [1.807, 2.05) is 37.3 Å². The minimum atomic E-state index is -0.927. The Morgan fingerprint density at radius 1 is 1.06 bits per heavy atom. The molecule has 4 rings (SSSR count). The van der Waals surface area contributed by atoms with Crippen molar-refractivity contribution in [1.82, 2.24) is 4.90 Å². The molecule has 1 N–H and O–H groups in total. The van der Waals surface area contributed by atoms with Crippen LogP contribution < -0.4 is 4.74 Å². The number of carboxylic acid groups (broad SMARTS) is 1. The first-order chi connectivity index (χ1) is 16.9. The third-order valence-electron chi connectivity index (χ3n) is 6.28. The van der Waals surface area contributed by atoms with E-state index < -0.39 is 18.0 Å². The van der Waals surface area contributed by atoms with E-state index in [-0.39, 0.29) is 19.0 Å². The van der Waals surface area contributed by atoms with E-state index in [9.17, 15) is 19.1 Å². The lowest BCUT2D eigenvalue weighted by atomic mass is 9.89. The summed E-state index contributed by atoms with van der Waals surface area (Å²) in [4.78, 5) is 25.8. The van der Waals surface area contributed by atoms with Gasteiger partial charge in [-0.15, -0.1) is 0 Å². The normalized spacial score (nSPS) is 13.6. The van der Waals surface area contributed by atoms with Crippen molar-refractivity contribution in [2.24, 2.45) is 0 Å². The zero-order chi connectivity index (χ0) is 24.9. The number of rotatable bonds is 7. The highest BCUT2D eigenvalue weighted by molar-refractivity contribution is 5.79. The lowest BCUT2D eigenvalue weighted by Crippen LogP contribution is -2.37. The summed E-state index contributed by atoms with van der Waals surface area (Å²) in [5, 5.41) is 9.40. The quantitative estimate of drug-likeness (QED) is 0.467. The minimum absolute atomic E-state index is 0.163. The molecular weight excluding hydrogens is 449 g/mol.